The Labute approximate surface area is 172 Å². The second-order valence-electron chi connectivity index (χ2n) is 6.01. The summed E-state index contributed by atoms with van der Waals surface area (Å²) in [4.78, 5) is 0. The van der Waals surface area contributed by atoms with Gasteiger partial charge in [0.05, 0.1) is 39.4 Å². The molecule has 140 valence electrons. The Balaban J connectivity index is 1.76. The van der Waals surface area contributed by atoms with E-state index in [4.69, 9.17) is 35.4 Å². The van der Waals surface area contributed by atoms with E-state index in [0.717, 1.165) is 22.6 Å². The molecule has 1 aromatic heterocycles. The van der Waals surface area contributed by atoms with Gasteiger partial charge in [0.2, 0.25) is 0 Å². The molecule has 0 amide bonds. The summed E-state index contributed by atoms with van der Waals surface area (Å²) in [6.07, 6.45) is 0. The fraction of sp³-hybridized carbons (Fsp3) is 0.158. The molecule has 1 heterocycles. The van der Waals surface area contributed by atoms with Crippen molar-refractivity contribution in [1.29, 1.82) is 0 Å². The number of para-hydroxylation sites is 1. The van der Waals surface area contributed by atoms with Crippen molar-refractivity contribution in [2.75, 3.05) is 10.6 Å². The molecule has 0 bridgehead atoms. The molecule has 4 nitrogen and oxygen atoms in total. The molecule has 0 fully saturated rings. The van der Waals surface area contributed by atoms with Crippen LogP contribution in [0.1, 0.15) is 17.0 Å². The standard InChI is InChI=1S/C19H17Cl2FN4S/c1-11-18(24-19(27)23-17-6-4-3-5-16(17)22)12(2)26(25-11)10-13-7-8-14(20)15(21)9-13/h3-9H,10H2,1-2H3,(H2,23,24,27). The van der Waals surface area contributed by atoms with E-state index in [9.17, 15) is 4.39 Å². The zero-order valence-corrected chi connectivity index (χ0v) is 17.0. The monoisotopic (exact) mass is 422 g/mol. The normalized spacial score (nSPS) is 10.7. The predicted molar refractivity (Wildman–Crippen MR) is 114 cm³/mol. The topological polar surface area (TPSA) is 41.9 Å². The highest BCUT2D eigenvalue weighted by atomic mass is 35.5. The lowest BCUT2D eigenvalue weighted by Crippen LogP contribution is -2.20. The fourth-order valence-electron chi connectivity index (χ4n) is 2.67. The minimum absolute atomic E-state index is 0.292. The summed E-state index contributed by atoms with van der Waals surface area (Å²) in [5, 5.41) is 11.8. The minimum atomic E-state index is -0.370. The summed E-state index contributed by atoms with van der Waals surface area (Å²) in [7, 11) is 0. The van der Waals surface area contributed by atoms with Gasteiger partial charge in [0.25, 0.3) is 0 Å². The average molecular weight is 423 g/mol. The molecule has 3 rings (SSSR count). The Morgan fingerprint density at radius 2 is 1.85 bits per heavy atom. The van der Waals surface area contributed by atoms with Crippen molar-refractivity contribution < 1.29 is 4.39 Å². The van der Waals surface area contributed by atoms with E-state index in [1.54, 1.807) is 24.3 Å². The van der Waals surface area contributed by atoms with Crippen LogP contribution in [0.15, 0.2) is 42.5 Å². The smallest absolute Gasteiger partial charge is 0.175 e. The van der Waals surface area contributed by atoms with Gasteiger partial charge >= 0.3 is 0 Å². The van der Waals surface area contributed by atoms with Gasteiger partial charge in [-0.3, -0.25) is 4.68 Å². The van der Waals surface area contributed by atoms with Crippen LogP contribution in [0, 0.1) is 19.7 Å². The zero-order valence-electron chi connectivity index (χ0n) is 14.7. The van der Waals surface area contributed by atoms with Gasteiger partial charge in [-0.1, -0.05) is 41.4 Å². The van der Waals surface area contributed by atoms with Crippen LogP contribution in [0.4, 0.5) is 15.8 Å². The molecule has 0 aliphatic heterocycles. The number of aromatic nitrogens is 2. The Hall–Kier alpha value is -2.15. The van der Waals surface area contributed by atoms with Gasteiger partial charge in [-0.15, -0.1) is 0 Å². The number of thiocarbonyl (C=S) groups is 1. The number of halogens is 3. The number of hydrogen-bond acceptors (Lipinski definition) is 2. The van der Waals surface area contributed by atoms with Gasteiger partial charge in [-0.05, 0) is 55.9 Å². The van der Waals surface area contributed by atoms with Crippen LogP contribution >= 0.6 is 35.4 Å². The molecular formula is C19H17Cl2FN4S. The highest BCUT2D eigenvalue weighted by Crippen LogP contribution is 2.25. The van der Waals surface area contributed by atoms with Crippen molar-refractivity contribution in [2.24, 2.45) is 0 Å². The van der Waals surface area contributed by atoms with E-state index in [1.807, 2.05) is 30.7 Å². The highest BCUT2D eigenvalue weighted by Gasteiger charge is 2.14. The lowest BCUT2D eigenvalue weighted by Gasteiger charge is -2.12. The first-order chi connectivity index (χ1) is 12.8. The lowest BCUT2D eigenvalue weighted by molar-refractivity contribution is 0.632. The van der Waals surface area contributed by atoms with Gasteiger partial charge in [0.15, 0.2) is 5.11 Å². The summed E-state index contributed by atoms with van der Waals surface area (Å²) in [6.45, 7) is 4.36. The van der Waals surface area contributed by atoms with Crippen molar-refractivity contribution in [3.05, 3.63) is 75.3 Å². The number of rotatable bonds is 4. The minimum Gasteiger partial charge on any atom is -0.330 e. The van der Waals surface area contributed by atoms with Crippen molar-refractivity contribution in [1.82, 2.24) is 9.78 Å². The summed E-state index contributed by atoms with van der Waals surface area (Å²) >= 11 is 17.4. The number of aryl methyl sites for hydroxylation is 1. The first-order valence-electron chi connectivity index (χ1n) is 8.15. The number of nitrogens with one attached hydrogen (secondary N) is 2. The molecular weight excluding hydrogens is 406 g/mol. The molecule has 0 radical (unpaired) electrons. The van der Waals surface area contributed by atoms with Crippen LogP contribution in [0.25, 0.3) is 0 Å². The zero-order chi connectivity index (χ0) is 19.6. The predicted octanol–water partition coefficient (Wildman–Crippen LogP) is 5.80. The van der Waals surface area contributed by atoms with Gasteiger partial charge in [-0.2, -0.15) is 5.10 Å². The van der Waals surface area contributed by atoms with Crippen LogP contribution in [0.5, 0.6) is 0 Å². The number of benzene rings is 2. The van der Waals surface area contributed by atoms with E-state index < -0.39 is 0 Å². The largest absolute Gasteiger partial charge is 0.330 e. The van der Waals surface area contributed by atoms with Crippen molar-refractivity contribution >= 4 is 51.9 Å². The van der Waals surface area contributed by atoms with E-state index in [-0.39, 0.29) is 5.82 Å². The maximum atomic E-state index is 13.8. The second-order valence-corrected chi connectivity index (χ2v) is 7.23. The van der Waals surface area contributed by atoms with Gasteiger partial charge in [0.1, 0.15) is 5.82 Å². The number of hydrogen-bond donors (Lipinski definition) is 2. The van der Waals surface area contributed by atoms with Gasteiger partial charge in [-0.25, -0.2) is 4.39 Å². The molecule has 0 atom stereocenters. The Morgan fingerprint density at radius 3 is 2.56 bits per heavy atom. The summed E-state index contributed by atoms with van der Waals surface area (Å²) in [5.41, 5.74) is 3.76. The SMILES string of the molecule is Cc1nn(Cc2ccc(Cl)c(Cl)c2)c(C)c1NC(=S)Nc1ccccc1F. The first kappa shape index (κ1) is 19.6. The average Bonchev–Trinajstić information content (AvgIpc) is 2.88. The van der Waals surface area contributed by atoms with E-state index in [2.05, 4.69) is 15.7 Å². The Kier molecular flexibility index (Phi) is 5.99. The molecule has 3 aromatic rings. The summed E-state index contributed by atoms with van der Waals surface area (Å²) < 4.78 is 15.6. The highest BCUT2D eigenvalue weighted by molar-refractivity contribution is 7.80. The molecule has 27 heavy (non-hydrogen) atoms. The van der Waals surface area contributed by atoms with Gasteiger partial charge < -0.3 is 10.6 Å². The Morgan fingerprint density at radius 1 is 1.11 bits per heavy atom. The molecule has 0 unspecified atom stereocenters. The van der Waals surface area contributed by atoms with E-state index in [1.165, 1.54) is 6.07 Å². The fourth-order valence-corrected chi connectivity index (χ4v) is 3.21. The third-order valence-electron chi connectivity index (χ3n) is 4.06. The van der Waals surface area contributed by atoms with Crippen LogP contribution in [0.2, 0.25) is 10.0 Å². The van der Waals surface area contributed by atoms with Crippen molar-refractivity contribution in [3.8, 4) is 0 Å². The van der Waals surface area contributed by atoms with E-state index >= 15 is 0 Å². The molecule has 0 aliphatic carbocycles. The van der Waals surface area contributed by atoms with Crippen LogP contribution in [0.3, 0.4) is 0 Å². The maximum Gasteiger partial charge on any atom is 0.175 e. The van der Waals surface area contributed by atoms with Crippen LogP contribution < -0.4 is 10.6 Å². The molecule has 0 saturated heterocycles. The third kappa shape index (κ3) is 4.58. The number of nitrogens with zero attached hydrogens (tertiary/aromatic N) is 2. The van der Waals surface area contributed by atoms with Crippen molar-refractivity contribution in [3.63, 3.8) is 0 Å². The summed E-state index contributed by atoms with van der Waals surface area (Å²) in [5.74, 6) is -0.370. The van der Waals surface area contributed by atoms with Gasteiger partial charge in [0, 0.05) is 0 Å². The lowest BCUT2D eigenvalue weighted by atomic mass is 10.2. The molecule has 0 spiro atoms. The second kappa shape index (κ2) is 8.25. The molecule has 2 N–H and O–H groups in total. The molecule has 0 aliphatic rings. The summed E-state index contributed by atoms with van der Waals surface area (Å²) in [6, 6.07) is 11.8. The quantitative estimate of drug-likeness (QED) is 0.521. The number of anilines is 2. The molecule has 8 heteroatoms. The van der Waals surface area contributed by atoms with Crippen LogP contribution in [-0.2, 0) is 6.54 Å². The van der Waals surface area contributed by atoms with Crippen LogP contribution in [-0.4, -0.2) is 14.9 Å². The molecule has 2 aromatic carbocycles. The Bertz CT molecular complexity index is 1000. The molecule has 0 saturated carbocycles. The first-order valence-corrected chi connectivity index (χ1v) is 9.32. The van der Waals surface area contributed by atoms with Crippen molar-refractivity contribution in [2.45, 2.75) is 20.4 Å². The maximum absolute atomic E-state index is 13.8. The third-order valence-corrected chi connectivity index (χ3v) is 5.00. The van der Waals surface area contributed by atoms with E-state index in [0.29, 0.717) is 27.4 Å².